The van der Waals surface area contributed by atoms with Crippen molar-refractivity contribution in [2.45, 2.75) is 25.9 Å². The molecule has 3 nitrogen and oxygen atoms in total. The first kappa shape index (κ1) is 17.1. The molecule has 0 aliphatic carbocycles. The molecule has 0 atom stereocenters. The summed E-state index contributed by atoms with van der Waals surface area (Å²) in [6, 6.07) is 0.790. The van der Waals surface area contributed by atoms with Gasteiger partial charge in [0.05, 0.1) is 13.0 Å². The van der Waals surface area contributed by atoms with E-state index < -0.39 is 36.4 Å². The van der Waals surface area contributed by atoms with Crippen molar-refractivity contribution in [1.82, 2.24) is 4.98 Å². The fraction of sp³-hybridized carbons (Fsp3) is 0.455. The number of esters is 1. The summed E-state index contributed by atoms with van der Waals surface area (Å²) in [6.07, 6.45) is -8.54. The van der Waals surface area contributed by atoms with Gasteiger partial charge in [-0.25, -0.2) is 13.8 Å². The van der Waals surface area contributed by atoms with Crippen LogP contribution in [0.25, 0.3) is 0 Å². The number of halogens is 6. The van der Waals surface area contributed by atoms with Gasteiger partial charge in [0, 0.05) is 3.57 Å². The molecule has 0 fully saturated rings. The van der Waals surface area contributed by atoms with Gasteiger partial charge < -0.3 is 4.74 Å². The Morgan fingerprint density at radius 1 is 1.45 bits per heavy atom. The number of carbonyl (C=O) groups excluding carboxylic acids is 1. The molecule has 1 rings (SSSR count). The lowest BCUT2D eigenvalue weighted by Gasteiger charge is -2.14. The smallest absolute Gasteiger partial charge is 0.434 e. The number of rotatable bonds is 4. The molecule has 1 heterocycles. The second-order valence-corrected chi connectivity index (χ2v) is 4.73. The molecule has 0 unspecified atom stereocenters. The lowest BCUT2D eigenvalue weighted by molar-refractivity contribution is -0.144. The van der Waals surface area contributed by atoms with Crippen LogP contribution in [0.5, 0.6) is 0 Å². The van der Waals surface area contributed by atoms with Gasteiger partial charge in [-0.2, -0.15) is 13.2 Å². The van der Waals surface area contributed by atoms with E-state index in [1.807, 2.05) is 0 Å². The molecular weight excluding hydrogens is 400 g/mol. The molecule has 112 valence electrons. The second-order valence-electron chi connectivity index (χ2n) is 3.65. The first-order valence-corrected chi connectivity index (χ1v) is 6.45. The van der Waals surface area contributed by atoms with Gasteiger partial charge >= 0.3 is 12.1 Å². The van der Waals surface area contributed by atoms with Crippen molar-refractivity contribution in [3.8, 4) is 0 Å². The van der Waals surface area contributed by atoms with Crippen LogP contribution in [0.4, 0.5) is 22.0 Å². The number of ether oxygens (including phenoxy) is 1. The highest BCUT2D eigenvalue weighted by atomic mass is 127. The first-order valence-electron chi connectivity index (χ1n) is 5.37. The molecule has 9 heteroatoms. The first-order chi connectivity index (χ1) is 9.16. The van der Waals surface area contributed by atoms with Crippen LogP contribution < -0.4 is 0 Å². The monoisotopic (exact) mass is 409 g/mol. The van der Waals surface area contributed by atoms with Gasteiger partial charge in [-0.05, 0) is 41.1 Å². The Balaban J connectivity index is 3.28. The summed E-state index contributed by atoms with van der Waals surface area (Å²) in [7, 11) is 0. The number of hydrogen-bond donors (Lipinski definition) is 0. The third kappa shape index (κ3) is 4.25. The Morgan fingerprint density at radius 3 is 2.50 bits per heavy atom. The van der Waals surface area contributed by atoms with Crippen LogP contribution in [0.3, 0.4) is 0 Å². The average Bonchev–Trinajstić information content (AvgIpc) is 2.30. The maximum Gasteiger partial charge on any atom is 0.434 e. The molecule has 0 aliphatic heterocycles. The molecule has 20 heavy (non-hydrogen) atoms. The van der Waals surface area contributed by atoms with Crippen LogP contribution in [0.2, 0.25) is 0 Å². The molecule has 0 N–H and O–H groups in total. The lowest BCUT2D eigenvalue weighted by Crippen LogP contribution is -2.17. The summed E-state index contributed by atoms with van der Waals surface area (Å²) in [6.45, 7) is 1.58. The lowest BCUT2D eigenvalue weighted by atomic mass is 10.1. The van der Waals surface area contributed by atoms with E-state index in [4.69, 9.17) is 0 Å². The SMILES string of the molecule is CCOC(=O)Cc1cc(C(F)F)nc(C(F)(F)F)c1I. The Labute approximate surface area is 124 Å². The van der Waals surface area contributed by atoms with Crippen molar-refractivity contribution < 1.29 is 31.5 Å². The molecule has 1 aromatic heterocycles. The van der Waals surface area contributed by atoms with E-state index in [0.29, 0.717) is 0 Å². The van der Waals surface area contributed by atoms with Gasteiger partial charge in [0.1, 0.15) is 5.69 Å². The van der Waals surface area contributed by atoms with Gasteiger partial charge in [0.15, 0.2) is 5.69 Å². The minimum Gasteiger partial charge on any atom is -0.466 e. The number of pyridine rings is 1. The molecular formula is C11H9F5INO2. The molecule has 0 aliphatic rings. The van der Waals surface area contributed by atoms with Crippen molar-refractivity contribution in [3.05, 3.63) is 26.6 Å². The third-order valence-corrected chi connectivity index (χ3v) is 3.39. The zero-order valence-electron chi connectivity index (χ0n) is 10.1. The van der Waals surface area contributed by atoms with E-state index in [9.17, 15) is 26.7 Å². The van der Waals surface area contributed by atoms with Crippen LogP contribution in [0.15, 0.2) is 6.07 Å². The largest absolute Gasteiger partial charge is 0.466 e. The van der Waals surface area contributed by atoms with E-state index in [-0.39, 0.29) is 15.7 Å². The standard InChI is InChI=1S/C11H9F5INO2/c1-2-20-7(19)4-5-3-6(10(12)13)18-9(8(5)17)11(14,15)16/h3,10H,2,4H2,1H3. The molecule has 0 amide bonds. The van der Waals surface area contributed by atoms with Crippen LogP contribution >= 0.6 is 22.6 Å². The van der Waals surface area contributed by atoms with Gasteiger partial charge in [-0.1, -0.05) is 0 Å². The van der Waals surface area contributed by atoms with E-state index >= 15 is 0 Å². The maximum atomic E-state index is 12.7. The normalized spacial score (nSPS) is 11.8. The number of alkyl halides is 5. The second kappa shape index (κ2) is 6.64. The Kier molecular flexibility index (Phi) is 5.66. The predicted molar refractivity (Wildman–Crippen MR) is 67.3 cm³/mol. The van der Waals surface area contributed by atoms with Crippen LogP contribution in [0, 0.1) is 3.57 Å². The molecule has 0 aromatic carbocycles. The van der Waals surface area contributed by atoms with Gasteiger partial charge in [0.2, 0.25) is 0 Å². The Morgan fingerprint density at radius 2 is 2.05 bits per heavy atom. The van der Waals surface area contributed by atoms with Crippen molar-refractivity contribution in [2.75, 3.05) is 6.61 Å². The topological polar surface area (TPSA) is 39.2 Å². The minimum atomic E-state index is -4.87. The van der Waals surface area contributed by atoms with E-state index in [2.05, 4.69) is 9.72 Å². The maximum absolute atomic E-state index is 12.7. The summed E-state index contributed by atoms with van der Waals surface area (Å²) in [5, 5.41) is 0. The van der Waals surface area contributed by atoms with Crippen LogP contribution in [0.1, 0.15) is 30.3 Å². The average molecular weight is 409 g/mol. The third-order valence-electron chi connectivity index (χ3n) is 2.19. The quantitative estimate of drug-likeness (QED) is 0.432. The number of carbonyl (C=O) groups is 1. The van der Waals surface area contributed by atoms with Gasteiger partial charge in [-0.15, -0.1) is 0 Å². The zero-order valence-corrected chi connectivity index (χ0v) is 12.3. The highest BCUT2D eigenvalue weighted by Gasteiger charge is 2.37. The predicted octanol–water partition coefficient (Wildman–Crippen LogP) is 3.75. The summed E-state index contributed by atoms with van der Waals surface area (Å²) < 4.78 is 67.6. The van der Waals surface area contributed by atoms with Crippen molar-refractivity contribution in [1.29, 1.82) is 0 Å². The minimum absolute atomic E-state index is 0.0499. The van der Waals surface area contributed by atoms with E-state index in [1.165, 1.54) is 29.5 Å². The molecule has 0 radical (unpaired) electrons. The van der Waals surface area contributed by atoms with E-state index in [1.54, 1.807) is 0 Å². The molecule has 1 aromatic rings. The zero-order chi connectivity index (χ0) is 15.5. The number of aromatic nitrogens is 1. The molecule has 0 spiro atoms. The number of nitrogens with zero attached hydrogens (tertiary/aromatic N) is 1. The van der Waals surface area contributed by atoms with Crippen LogP contribution in [-0.4, -0.2) is 17.6 Å². The van der Waals surface area contributed by atoms with Crippen LogP contribution in [-0.2, 0) is 22.1 Å². The van der Waals surface area contributed by atoms with Crippen molar-refractivity contribution >= 4 is 28.6 Å². The summed E-state index contributed by atoms with van der Waals surface area (Å²) in [4.78, 5) is 14.2. The summed E-state index contributed by atoms with van der Waals surface area (Å²) in [5.41, 5.74) is -2.62. The van der Waals surface area contributed by atoms with Crippen molar-refractivity contribution in [2.24, 2.45) is 0 Å². The molecule has 0 saturated carbocycles. The fourth-order valence-electron chi connectivity index (χ4n) is 1.40. The molecule has 0 saturated heterocycles. The van der Waals surface area contributed by atoms with Crippen molar-refractivity contribution in [3.63, 3.8) is 0 Å². The highest BCUT2D eigenvalue weighted by molar-refractivity contribution is 14.1. The summed E-state index contributed by atoms with van der Waals surface area (Å²) >= 11 is 1.33. The Bertz CT molecular complexity index is 504. The fourth-order valence-corrected chi connectivity index (χ4v) is 2.17. The van der Waals surface area contributed by atoms with E-state index in [0.717, 1.165) is 6.07 Å². The highest BCUT2D eigenvalue weighted by Crippen LogP contribution is 2.35. The summed E-state index contributed by atoms with van der Waals surface area (Å²) in [5.74, 6) is -0.787. The van der Waals surface area contributed by atoms with Gasteiger partial charge in [0.25, 0.3) is 6.43 Å². The van der Waals surface area contributed by atoms with Gasteiger partial charge in [-0.3, -0.25) is 4.79 Å². The molecule has 0 bridgehead atoms. The number of hydrogen-bond acceptors (Lipinski definition) is 3. The Hall–Kier alpha value is -1.00.